The van der Waals surface area contributed by atoms with E-state index in [0.717, 1.165) is 25.7 Å². The van der Waals surface area contributed by atoms with Gasteiger partial charge in [-0.25, -0.2) is 12.7 Å². The number of nitrogens with two attached hydrogens (primary N) is 1. The van der Waals surface area contributed by atoms with Crippen LogP contribution in [0.2, 0.25) is 0 Å². The van der Waals surface area contributed by atoms with Gasteiger partial charge in [0.25, 0.3) is 0 Å². The van der Waals surface area contributed by atoms with Crippen molar-refractivity contribution in [2.75, 3.05) is 18.8 Å². The van der Waals surface area contributed by atoms with E-state index in [-0.39, 0.29) is 11.8 Å². The quantitative estimate of drug-likeness (QED) is 0.802. The second kappa shape index (κ2) is 5.02. The first-order valence-electron chi connectivity index (χ1n) is 6.33. The maximum atomic E-state index is 12.0. The van der Waals surface area contributed by atoms with Gasteiger partial charge in [0, 0.05) is 19.1 Å². The predicted octanol–water partition coefficient (Wildman–Crippen LogP) is 0.929. The van der Waals surface area contributed by atoms with Gasteiger partial charge in [-0.05, 0) is 31.6 Å². The summed E-state index contributed by atoms with van der Waals surface area (Å²) in [4.78, 5) is 0. The van der Waals surface area contributed by atoms with Gasteiger partial charge in [0.15, 0.2) is 0 Å². The molecule has 1 aliphatic heterocycles. The minimum Gasteiger partial charge on any atom is -0.326 e. The molecule has 0 aromatic carbocycles. The van der Waals surface area contributed by atoms with Crippen molar-refractivity contribution in [3.8, 4) is 0 Å². The highest BCUT2D eigenvalue weighted by molar-refractivity contribution is 7.89. The Bertz CT molecular complexity index is 317. The summed E-state index contributed by atoms with van der Waals surface area (Å²) in [6.45, 7) is 1.39. The molecule has 2 rings (SSSR count). The predicted molar refractivity (Wildman–Crippen MR) is 64.5 cm³/mol. The van der Waals surface area contributed by atoms with E-state index >= 15 is 0 Å². The molecular formula is C11H22N2O2S. The van der Waals surface area contributed by atoms with Crippen molar-refractivity contribution in [1.29, 1.82) is 0 Å². The molecule has 0 radical (unpaired) electrons. The summed E-state index contributed by atoms with van der Waals surface area (Å²) < 4.78 is 25.7. The Kier molecular flexibility index (Phi) is 3.87. The van der Waals surface area contributed by atoms with Gasteiger partial charge in [0.2, 0.25) is 10.0 Å². The average Bonchev–Trinajstić information content (AvgIpc) is 2.91. The minimum absolute atomic E-state index is 0.150. The van der Waals surface area contributed by atoms with Crippen molar-refractivity contribution in [2.24, 2.45) is 11.7 Å². The standard InChI is InChI=1S/C11H22N2O2S/c12-11(10-5-1-2-6-10)9-16(14,15)13-7-3-4-8-13/h10-11H,1-9,12H2. The second-order valence-electron chi connectivity index (χ2n) is 5.09. The Hall–Kier alpha value is -0.130. The van der Waals surface area contributed by atoms with Crippen LogP contribution in [0.5, 0.6) is 0 Å². The van der Waals surface area contributed by atoms with Gasteiger partial charge in [-0.1, -0.05) is 12.8 Å². The lowest BCUT2D eigenvalue weighted by molar-refractivity contribution is 0.432. The van der Waals surface area contributed by atoms with Gasteiger partial charge < -0.3 is 5.73 Å². The Morgan fingerprint density at radius 3 is 2.25 bits per heavy atom. The van der Waals surface area contributed by atoms with Crippen molar-refractivity contribution in [3.05, 3.63) is 0 Å². The molecule has 4 nitrogen and oxygen atoms in total. The summed E-state index contributed by atoms with van der Waals surface area (Å²) in [6.07, 6.45) is 6.63. The van der Waals surface area contributed by atoms with Crippen LogP contribution in [0.15, 0.2) is 0 Å². The molecule has 0 amide bonds. The van der Waals surface area contributed by atoms with Crippen LogP contribution in [0.3, 0.4) is 0 Å². The zero-order valence-electron chi connectivity index (χ0n) is 9.77. The molecule has 1 saturated carbocycles. The normalized spacial score (nSPS) is 26.3. The summed E-state index contributed by atoms with van der Waals surface area (Å²) in [7, 11) is -3.09. The highest BCUT2D eigenvalue weighted by Gasteiger charge is 2.31. The summed E-state index contributed by atoms with van der Waals surface area (Å²) in [5.41, 5.74) is 6.03. The van der Waals surface area contributed by atoms with E-state index < -0.39 is 10.0 Å². The minimum atomic E-state index is -3.09. The maximum absolute atomic E-state index is 12.0. The molecule has 2 aliphatic rings. The van der Waals surface area contributed by atoms with E-state index in [1.54, 1.807) is 4.31 Å². The third-order valence-corrected chi connectivity index (χ3v) is 5.82. The fraction of sp³-hybridized carbons (Fsp3) is 1.00. The van der Waals surface area contributed by atoms with Gasteiger partial charge in [-0.15, -0.1) is 0 Å². The lowest BCUT2D eigenvalue weighted by Crippen LogP contribution is -2.41. The van der Waals surface area contributed by atoms with Crippen molar-refractivity contribution < 1.29 is 8.42 Å². The summed E-state index contributed by atoms with van der Waals surface area (Å²) >= 11 is 0. The summed E-state index contributed by atoms with van der Waals surface area (Å²) in [6, 6.07) is -0.159. The van der Waals surface area contributed by atoms with E-state index in [1.165, 1.54) is 12.8 Å². The largest absolute Gasteiger partial charge is 0.326 e. The fourth-order valence-electron chi connectivity index (χ4n) is 2.84. The van der Waals surface area contributed by atoms with Crippen LogP contribution in [0.4, 0.5) is 0 Å². The zero-order valence-corrected chi connectivity index (χ0v) is 10.6. The molecule has 0 spiro atoms. The highest BCUT2D eigenvalue weighted by atomic mass is 32.2. The monoisotopic (exact) mass is 246 g/mol. The number of hydrogen-bond donors (Lipinski definition) is 1. The van der Waals surface area contributed by atoms with E-state index in [4.69, 9.17) is 5.73 Å². The Morgan fingerprint density at radius 1 is 1.12 bits per heavy atom. The lowest BCUT2D eigenvalue weighted by atomic mass is 10.0. The number of rotatable bonds is 4. The Labute approximate surface area is 98.2 Å². The third-order valence-electron chi connectivity index (χ3n) is 3.87. The number of nitrogens with zero attached hydrogens (tertiary/aromatic N) is 1. The summed E-state index contributed by atoms with van der Waals surface area (Å²) in [5.74, 6) is 0.579. The number of hydrogen-bond acceptors (Lipinski definition) is 3. The van der Waals surface area contributed by atoms with Crippen LogP contribution in [0, 0.1) is 5.92 Å². The molecule has 1 aliphatic carbocycles. The Morgan fingerprint density at radius 2 is 1.69 bits per heavy atom. The maximum Gasteiger partial charge on any atom is 0.215 e. The van der Waals surface area contributed by atoms with E-state index in [2.05, 4.69) is 0 Å². The second-order valence-corrected chi connectivity index (χ2v) is 7.11. The van der Waals surface area contributed by atoms with Crippen LogP contribution in [0.1, 0.15) is 38.5 Å². The zero-order chi connectivity index (χ0) is 11.6. The molecule has 1 atom stereocenters. The lowest BCUT2D eigenvalue weighted by Gasteiger charge is -2.22. The first kappa shape index (κ1) is 12.3. The molecular weight excluding hydrogens is 224 g/mol. The van der Waals surface area contributed by atoms with Gasteiger partial charge in [0.05, 0.1) is 5.75 Å². The van der Waals surface area contributed by atoms with Crippen LogP contribution < -0.4 is 5.73 Å². The van der Waals surface area contributed by atoms with E-state index in [9.17, 15) is 8.42 Å². The average molecular weight is 246 g/mol. The molecule has 94 valence electrons. The van der Waals surface area contributed by atoms with Crippen LogP contribution >= 0.6 is 0 Å². The first-order valence-corrected chi connectivity index (χ1v) is 7.94. The highest BCUT2D eigenvalue weighted by Crippen LogP contribution is 2.28. The first-order chi connectivity index (χ1) is 7.59. The summed E-state index contributed by atoms with van der Waals surface area (Å²) in [5, 5.41) is 0. The Balaban J connectivity index is 1.91. The van der Waals surface area contributed by atoms with Gasteiger partial charge in [-0.3, -0.25) is 0 Å². The molecule has 0 aromatic rings. The molecule has 0 aromatic heterocycles. The third kappa shape index (κ3) is 2.76. The molecule has 5 heteroatoms. The van der Waals surface area contributed by atoms with Crippen molar-refractivity contribution >= 4 is 10.0 Å². The molecule has 1 heterocycles. The molecule has 2 fully saturated rings. The van der Waals surface area contributed by atoms with Gasteiger partial charge in [0.1, 0.15) is 0 Å². The van der Waals surface area contributed by atoms with Crippen LogP contribution in [0.25, 0.3) is 0 Å². The fourth-order valence-corrected chi connectivity index (χ4v) is 4.62. The van der Waals surface area contributed by atoms with Gasteiger partial charge >= 0.3 is 0 Å². The van der Waals surface area contributed by atoms with E-state index in [1.807, 2.05) is 0 Å². The molecule has 16 heavy (non-hydrogen) atoms. The smallest absolute Gasteiger partial charge is 0.215 e. The van der Waals surface area contributed by atoms with Crippen molar-refractivity contribution in [1.82, 2.24) is 4.31 Å². The molecule has 1 saturated heterocycles. The van der Waals surface area contributed by atoms with E-state index in [0.29, 0.717) is 19.0 Å². The van der Waals surface area contributed by atoms with Gasteiger partial charge in [-0.2, -0.15) is 0 Å². The topological polar surface area (TPSA) is 63.4 Å². The van der Waals surface area contributed by atoms with Crippen LogP contribution in [-0.2, 0) is 10.0 Å². The van der Waals surface area contributed by atoms with Crippen molar-refractivity contribution in [2.45, 2.75) is 44.6 Å². The van der Waals surface area contributed by atoms with Crippen LogP contribution in [-0.4, -0.2) is 37.6 Å². The molecule has 0 bridgehead atoms. The number of sulfonamides is 1. The SMILES string of the molecule is NC(CS(=O)(=O)N1CCCC1)C1CCCC1. The molecule has 1 unspecified atom stereocenters. The van der Waals surface area contributed by atoms with Crippen molar-refractivity contribution in [3.63, 3.8) is 0 Å². The molecule has 2 N–H and O–H groups in total.